The number of hydrogen-bond acceptors (Lipinski definition) is 3. The maximum Gasteiger partial charge on any atom is 0.271 e. The summed E-state index contributed by atoms with van der Waals surface area (Å²) in [6, 6.07) is 14.8. The van der Waals surface area contributed by atoms with Gasteiger partial charge in [-0.2, -0.15) is 5.10 Å². The van der Waals surface area contributed by atoms with E-state index in [4.69, 9.17) is 11.2 Å². The molecule has 0 aliphatic carbocycles. The number of carbonyl (C=O) groups is 1. The molecular weight excluding hydrogens is 314 g/mol. The van der Waals surface area contributed by atoms with Gasteiger partial charge in [-0.3, -0.25) is 4.79 Å². The Kier molecular flexibility index (Phi) is 4.82. The number of nitrogens with zero attached hydrogens (tertiary/aromatic N) is 2. The zero-order valence-corrected chi connectivity index (χ0v) is 13.8. The SMILES string of the molecule is C#CCn1cc(/C=N\NC(=O)c2cccc(OC)c2)c2ccccc21. The van der Waals surface area contributed by atoms with Crippen LogP contribution in [0.2, 0.25) is 0 Å². The van der Waals surface area contributed by atoms with Crippen LogP contribution in [-0.2, 0) is 6.54 Å². The number of methoxy groups -OCH3 is 1. The first-order valence-electron chi connectivity index (χ1n) is 7.71. The summed E-state index contributed by atoms with van der Waals surface area (Å²) in [5.41, 5.74) is 4.92. The highest BCUT2D eigenvalue weighted by Gasteiger charge is 2.07. The topological polar surface area (TPSA) is 55.6 Å². The molecule has 0 aliphatic rings. The van der Waals surface area contributed by atoms with E-state index in [0.717, 1.165) is 16.5 Å². The van der Waals surface area contributed by atoms with E-state index in [0.29, 0.717) is 17.9 Å². The van der Waals surface area contributed by atoms with E-state index in [1.807, 2.05) is 35.0 Å². The number of amides is 1. The molecule has 0 radical (unpaired) electrons. The van der Waals surface area contributed by atoms with Crippen molar-refractivity contribution in [2.75, 3.05) is 7.11 Å². The summed E-state index contributed by atoms with van der Waals surface area (Å²) >= 11 is 0. The van der Waals surface area contributed by atoms with Gasteiger partial charge >= 0.3 is 0 Å². The molecule has 0 aliphatic heterocycles. The lowest BCUT2D eigenvalue weighted by Crippen LogP contribution is -2.17. The van der Waals surface area contributed by atoms with Crippen LogP contribution in [-0.4, -0.2) is 23.8 Å². The van der Waals surface area contributed by atoms with Crippen molar-refractivity contribution in [2.24, 2.45) is 5.10 Å². The molecule has 0 saturated carbocycles. The Morgan fingerprint density at radius 3 is 2.96 bits per heavy atom. The second-order valence-electron chi connectivity index (χ2n) is 5.36. The molecule has 25 heavy (non-hydrogen) atoms. The Morgan fingerprint density at radius 1 is 1.32 bits per heavy atom. The fourth-order valence-corrected chi connectivity index (χ4v) is 2.60. The van der Waals surface area contributed by atoms with Crippen molar-refractivity contribution in [3.8, 4) is 18.1 Å². The van der Waals surface area contributed by atoms with Crippen molar-refractivity contribution in [3.05, 3.63) is 65.9 Å². The van der Waals surface area contributed by atoms with Gasteiger partial charge in [-0.15, -0.1) is 6.42 Å². The number of fused-ring (bicyclic) bond motifs is 1. The third-order valence-electron chi connectivity index (χ3n) is 3.78. The number of hydrazone groups is 1. The normalized spacial score (nSPS) is 10.7. The van der Waals surface area contributed by atoms with Gasteiger partial charge in [0.25, 0.3) is 5.91 Å². The zero-order valence-electron chi connectivity index (χ0n) is 13.8. The number of nitrogens with one attached hydrogen (secondary N) is 1. The molecule has 0 bridgehead atoms. The van der Waals surface area contributed by atoms with Crippen LogP contribution in [0.1, 0.15) is 15.9 Å². The number of para-hydroxylation sites is 1. The fraction of sp³-hybridized carbons (Fsp3) is 0.100. The smallest absolute Gasteiger partial charge is 0.271 e. The number of terminal acetylenes is 1. The van der Waals surface area contributed by atoms with Crippen molar-refractivity contribution >= 4 is 23.0 Å². The lowest BCUT2D eigenvalue weighted by atomic mass is 10.2. The molecule has 124 valence electrons. The second kappa shape index (κ2) is 7.37. The maximum absolute atomic E-state index is 12.2. The van der Waals surface area contributed by atoms with Crippen molar-refractivity contribution in [1.29, 1.82) is 0 Å². The van der Waals surface area contributed by atoms with Crippen molar-refractivity contribution < 1.29 is 9.53 Å². The fourth-order valence-electron chi connectivity index (χ4n) is 2.60. The van der Waals surface area contributed by atoms with Gasteiger partial charge in [-0.05, 0) is 24.3 Å². The Hall–Kier alpha value is -3.52. The first-order chi connectivity index (χ1) is 12.2. The van der Waals surface area contributed by atoms with E-state index in [1.165, 1.54) is 0 Å². The Labute approximate surface area is 145 Å². The monoisotopic (exact) mass is 331 g/mol. The molecule has 0 unspecified atom stereocenters. The molecule has 1 amide bonds. The lowest BCUT2D eigenvalue weighted by Gasteiger charge is -2.02. The average Bonchev–Trinajstić information content (AvgIpc) is 3.00. The van der Waals surface area contributed by atoms with E-state index in [2.05, 4.69) is 16.4 Å². The zero-order chi connectivity index (χ0) is 17.6. The minimum absolute atomic E-state index is 0.303. The van der Waals surface area contributed by atoms with Gasteiger partial charge in [0.2, 0.25) is 0 Å². The molecule has 1 N–H and O–H groups in total. The van der Waals surface area contributed by atoms with E-state index in [9.17, 15) is 4.79 Å². The van der Waals surface area contributed by atoms with Crippen LogP contribution in [0.5, 0.6) is 5.75 Å². The van der Waals surface area contributed by atoms with Crippen LogP contribution in [0.3, 0.4) is 0 Å². The van der Waals surface area contributed by atoms with E-state index >= 15 is 0 Å². The number of hydrogen-bond donors (Lipinski definition) is 1. The second-order valence-corrected chi connectivity index (χ2v) is 5.36. The highest BCUT2D eigenvalue weighted by Crippen LogP contribution is 2.19. The summed E-state index contributed by atoms with van der Waals surface area (Å²) in [5, 5.41) is 5.09. The van der Waals surface area contributed by atoms with Crippen LogP contribution in [0.15, 0.2) is 59.8 Å². The Balaban J connectivity index is 1.79. The molecular formula is C20H17N3O2. The molecule has 1 heterocycles. The molecule has 5 nitrogen and oxygen atoms in total. The summed E-state index contributed by atoms with van der Waals surface area (Å²) in [7, 11) is 1.56. The van der Waals surface area contributed by atoms with Gasteiger partial charge in [-0.1, -0.05) is 30.2 Å². The largest absolute Gasteiger partial charge is 0.497 e. The van der Waals surface area contributed by atoms with Gasteiger partial charge in [0.1, 0.15) is 5.75 Å². The quantitative estimate of drug-likeness (QED) is 0.444. The number of ether oxygens (including phenoxy) is 1. The van der Waals surface area contributed by atoms with Crippen LogP contribution in [0.4, 0.5) is 0 Å². The molecule has 0 saturated heterocycles. The number of benzene rings is 2. The van der Waals surface area contributed by atoms with Gasteiger partial charge in [0.15, 0.2) is 0 Å². The molecule has 2 aromatic carbocycles. The van der Waals surface area contributed by atoms with E-state index in [-0.39, 0.29) is 5.91 Å². The first kappa shape index (κ1) is 16.3. The Morgan fingerprint density at radius 2 is 2.16 bits per heavy atom. The third-order valence-corrected chi connectivity index (χ3v) is 3.78. The van der Waals surface area contributed by atoms with Gasteiger partial charge in [0.05, 0.1) is 19.9 Å². The van der Waals surface area contributed by atoms with E-state index in [1.54, 1.807) is 37.6 Å². The van der Waals surface area contributed by atoms with Gasteiger partial charge in [-0.25, -0.2) is 5.43 Å². The summed E-state index contributed by atoms with van der Waals surface area (Å²) in [5.74, 6) is 2.95. The van der Waals surface area contributed by atoms with Crippen LogP contribution >= 0.6 is 0 Å². The standard InChI is InChI=1S/C20H17N3O2/c1-3-11-23-14-16(18-9-4-5-10-19(18)23)13-21-22-20(24)15-7-6-8-17(12-15)25-2/h1,4-10,12-14H,11H2,2H3,(H,22,24)/b21-13-. The van der Waals surface area contributed by atoms with Crippen LogP contribution in [0.25, 0.3) is 10.9 Å². The summed E-state index contributed by atoms with van der Waals surface area (Å²) in [4.78, 5) is 12.2. The maximum atomic E-state index is 12.2. The van der Waals surface area contributed by atoms with Crippen LogP contribution < -0.4 is 10.2 Å². The molecule has 3 rings (SSSR count). The molecule has 3 aromatic rings. The molecule has 5 heteroatoms. The summed E-state index contributed by atoms with van der Waals surface area (Å²) < 4.78 is 7.09. The molecule has 0 fully saturated rings. The van der Waals surface area contributed by atoms with Crippen LogP contribution in [0, 0.1) is 12.3 Å². The predicted octanol–water partition coefficient (Wildman–Crippen LogP) is 3.05. The predicted molar refractivity (Wildman–Crippen MR) is 98.8 cm³/mol. The third kappa shape index (κ3) is 3.54. The molecule has 0 spiro atoms. The minimum Gasteiger partial charge on any atom is -0.497 e. The van der Waals surface area contributed by atoms with Gasteiger partial charge < -0.3 is 9.30 Å². The number of carbonyl (C=O) groups excluding carboxylic acids is 1. The van der Waals surface area contributed by atoms with Crippen molar-refractivity contribution in [1.82, 2.24) is 9.99 Å². The van der Waals surface area contributed by atoms with Crippen molar-refractivity contribution in [2.45, 2.75) is 6.54 Å². The van der Waals surface area contributed by atoms with E-state index < -0.39 is 0 Å². The van der Waals surface area contributed by atoms with Gasteiger partial charge in [0, 0.05) is 28.2 Å². The van der Waals surface area contributed by atoms with Crippen molar-refractivity contribution in [3.63, 3.8) is 0 Å². The summed E-state index contributed by atoms with van der Waals surface area (Å²) in [6.07, 6.45) is 8.96. The molecule has 0 atom stereocenters. The number of aromatic nitrogens is 1. The minimum atomic E-state index is -0.303. The lowest BCUT2D eigenvalue weighted by molar-refractivity contribution is 0.0955. The number of rotatable bonds is 5. The average molecular weight is 331 g/mol. The highest BCUT2D eigenvalue weighted by molar-refractivity contribution is 6.00. The Bertz CT molecular complexity index is 980. The molecule has 1 aromatic heterocycles. The summed E-state index contributed by atoms with van der Waals surface area (Å²) in [6.45, 7) is 0.477. The first-order valence-corrected chi connectivity index (χ1v) is 7.71. The highest BCUT2D eigenvalue weighted by atomic mass is 16.5.